The summed E-state index contributed by atoms with van der Waals surface area (Å²) >= 11 is 0. The second kappa shape index (κ2) is 4.07. The van der Waals surface area contributed by atoms with Crippen LogP contribution in [0.15, 0.2) is 18.2 Å². The average molecular weight is 167 g/mol. The van der Waals surface area contributed by atoms with Crippen molar-refractivity contribution >= 4 is 5.69 Å². The van der Waals surface area contributed by atoms with Crippen molar-refractivity contribution in [3.05, 3.63) is 36.6 Å². The molecule has 0 aliphatic carbocycles. The molecule has 0 heterocycles. The summed E-state index contributed by atoms with van der Waals surface area (Å²) in [6.45, 7) is -0.0877. The van der Waals surface area contributed by atoms with Crippen molar-refractivity contribution < 1.29 is 9.50 Å². The number of hydrogen-bond acceptors (Lipinski definition) is 2. The lowest BCUT2D eigenvalue weighted by Crippen LogP contribution is -1.99. The lowest BCUT2D eigenvalue weighted by Gasteiger charge is -2.07. The maximum atomic E-state index is 13.0. The normalized spacial score (nSPS) is 9.92. The standard InChI is InChI=1S/C9H10FNO/c1-11-9-4-2-3-8(10)7(9)5-6-12/h1-4,11-12H,5-6H2. The molecule has 2 radical (unpaired) electrons. The number of nitrogens with one attached hydrogen (secondary N) is 1. The van der Waals surface area contributed by atoms with Crippen LogP contribution in [0.2, 0.25) is 0 Å². The molecule has 3 heteroatoms. The van der Waals surface area contributed by atoms with E-state index in [1.54, 1.807) is 12.1 Å². The van der Waals surface area contributed by atoms with Gasteiger partial charge in [0.15, 0.2) is 0 Å². The van der Waals surface area contributed by atoms with Gasteiger partial charge in [0, 0.05) is 24.3 Å². The van der Waals surface area contributed by atoms with Gasteiger partial charge in [0.25, 0.3) is 0 Å². The molecule has 0 saturated heterocycles. The van der Waals surface area contributed by atoms with Crippen LogP contribution in [0.1, 0.15) is 5.56 Å². The van der Waals surface area contributed by atoms with E-state index in [0.29, 0.717) is 11.3 Å². The van der Waals surface area contributed by atoms with Gasteiger partial charge >= 0.3 is 0 Å². The molecule has 0 aromatic heterocycles. The molecule has 12 heavy (non-hydrogen) atoms. The first-order chi connectivity index (χ1) is 5.79. The molecule has 0 fully saturated rings. The minimum atomic E-state index is -0.348. The van der Waals surface area contributed by atoms with Crippen molar-refractivity contribution in [2.45, 2.75) is 6.42 Å². The van der Waals surface area contributed by atoms with E-state index in [4.69, 9.17) is 12.2 Å². The summed E-state index contributed by atoms with van der Waals surface area (Å²) in [5.74, 6) is -0.348. The molecular formula is C9H10FNO. The Bertz CT molecular complexity index is 263. The Labute approximate surface area is 71.0 Å². The van der Waals surface area contributed by atoms with Gasteiger partial charge in [-0.25, -0.2) is 4.39 Å². The van der Waals surface area contributed by atoms with E-state index in [0.717, 1.165) is 0 Å². The number of rotatable bonds is 3. The van der Waals surface area contributed by atoms with Gasteiger partial charge in [0.2, 0.25) is 0 Å². The van der Waals surface area contributed by atoms with E-state index in [1.165, 1.54) is 6.07 Å². The van der Waals surface area contributed by atoms with Crippen molar-refractivity contribution in [2.24, 2.45) is 0 Å². The van der Waals surface area contributed by atoms with Crippen molar-refractivity contribution in [3.63, 3.8) is 0 Å². The van der Waals surface area contributed by atoms with Crippen LogP contribution in [0.3, 0.4) is 0 Å². The Balaban J connectivity index is 3.02. The molecule has 0 atom stereocenters. The Morgan fingerprint density at radius 2 is 2.25 bits per heavy atom. The zero-order valence-electron chi connectivity index (χ0n) is 6.55. The molecular weight excluding hydrogens is 157 g/mol. The molecule has 1 rings (SSSR count). The Morgan fingerprint density at radius 1 is 1.50 bits per heavy atom. The summed E-state index contributed by atoms with van der Waals surface area (Å²) in [7, 11) is 5.15. The van der Waals surface area contributed by atoms with E-state index >= 15 is 0 Å². The molecule has 2 N–H and O–H groups in total. The van der Waals surface area contributed by atoms with Crippen LogP contribution < -0.4 is 5.32 Å². The van der Waals surface area contributed by atoms with E-state index in [-0.39, 0.29) is 18.8 Å². The molecule has 0 amide bonds. The lowest BCUT2D eigenvalue weighted by atomic mass is 10.1. The summed E-state index contributed by atoms with van der Waals surface area (Å²) in [6.07, 6.45) is 0.270. The highest BCUT2D eigenvalue weighted by atomic mass is 19.1. The fourth-order valence-corrected chi connectivity index (χ4v) is 1.06. The Morgan fingerprint density at radius 3 is 2.83 bits per heavy atom. The van der Waals surface area contributed by atoms with Gasteiger partial charge in [-0.1, -0.05) is 6.07 Å². The second-order valence-electron chi connectivity index (χ2n) is 2.38. The molecule has 1 aromatic carbocycles. The number of anilines is 1. The largest absolute Gasteiger partial charge is 0.396 e. The second-order valence-corrected chi connectivity index (χ2v) is 2.38. The SMILES string of the molecule is [CH]Nc1cccc(F)c1CCO. The van der Waals surface area contributed by atoms with E-state index in [1.807, 2.05) is 0 Å². The van der Waals surface area contributed by atoms with Gasteiger partial charge in [0.05, 0.1) is 7.05 Å². The average Bonchev–Trinajstić information content (AvgIpc) is 2.09. The monoisotopic (exact) mass is 167 g/mol. The van der Waals surface area contributed by atoms with Crippen LogP contribution in [0.5, 0.6) is 0 Å². The van der Waals surface area contributed by atoms with Gasteiger partial charge in [-0.05, 0) is 12.1 Å². The van der Waals surface area contributed by atoms with Crippen LogP contribution in [-0.4, -0.2) is 11.7 Å². The number of hydrogen-bond donors (Lipinski definition) is 2. The first kappa shape index (κ1) is 9.00. The van der Waals surface area contributed by atoms with Crippen molar-refractivity contribution in [3.8, 4) is 0 Å². The van der Waals surface area contributed by atoms with Crippen molar-refractivity contribution in [1.29, 1.82) is 0 Å². The molecule has 0 unspecified atom stereocenters. The fourth-order valence-electron chi connectivity index (χ4n) is 1.06. The molecule has 1 aromatic rings. The Kier molecular flexibility index (Phi) is 3.05. The zero-order valence-corrected chi connectivity index (χ0v) is 6.55. The molecule has 2 nitrogen and oxygen atoms in total. The van der Waals surface area contributed by atoms with Gasteiger partial charge in [-0.15, -0.1) is 0 Å². The van der Waals surface area contributed by atoms with E-state index in [9.17, 15) is 4.39 Å². The van der Waals surface area contributed by atoms with Gasteiger partial charge in [-0.2, -0.15) is 0 Å². The van der Waals surface area contributed by atoms with Gasteiger partial charge < -0.3 is 10.4 Å². The van der Waals surface area contributed by atoms with Crippen LogP contribution in [-0.2, 0) is 6.42 Å². The third-order valence-corrected chi connectivity index (χ3v) is 1.64. The summed E-state index contributed by atoms with van der Waals surface area (Å²) in [4.78, 5) is 0. The molecule has 0 aliphatic heterocycles. The topological polar surface area (TPSA) is 32.3 Å². The molecule has 0 aliphatic rings. The van der Waals surface area contributed by atoms with Crippen LogP contribution in [0, 0.1) is 12.9 Å². The highest BCUT2D eigenvalue weighted by Gasteiger charge is 2.05. The maximum Gasteiger partial charge on any atom is 0.128 e. The Hall–Kier alpha value is -1.09. The summed E-state index contributed by atoms with van der Waals surface area (Å²) in [5.41, 5.74) is 0.937. The number of aliphatic hydroxyl groups is 1. The van der Waals surface area contributed by atoms with Crippen LogP contribution in [0.25, 0.3) is 0 Å². The van der Waals surface area contributed by atoms with Crippen LogP contribution in [0.4, 0.5) is 10.1 Å². The third kappa shape index (κ3) is 1.74. The third-order valence-electron chi connectivity index (χ3n) is 1.64. The van der Waals surface area contributed by atoms with Crippen LogP contribution >= 0.6 is 0 Å². The van der Waals surface area contributed by atoms with E-state index in [2.05, 4.69) is 5.32 Å². The minimum Gasteiger partial charge on any atom is -0.396 e. The smallest absolute Gasteiger partial charge is 0.128 e. The molecule has 0 spiro atoms. The summed E-state index contributed by atoms with van der Waals surface area (Å²) < 4.78 is 13.0. The molecule has 0 saturated carbocycles. The highest BCUT2D eigenvalue weighted by molar-refractivity contribution is 5.52. The quantitative estimate of drug-likeness (QED) is 0.667. The van der Waals surface area contributed by atoms with Gasteiger partial charge in [0.1, 0.15) is 5.82 Å². The predicted octanol–water partition coefficient (Wildman–Crippen LogP) is 1.44. The molecule has 64 valence electrons. The first-order valence-electron chi connectivity index (χ1n) is 3.64. The predicted molar refractivity (Wildman–Crippen MR) is 45.1 cm³/mol. The number of aliphatic hydroxyl groups excluding tert-OH is 1. The minimum absolute atomic E-state index is 0.0877. The van der Waals surface area contributed by atoms with E-state index < -0.39 is 0 Å². The summed E-state index contributed by atoms with van der Waals surface area (Å²) in [5, 5.41) is 11.0. The fraction of sp³-hybridized carbons (Fsp3) is 0.222. The van der Waals surface area contributed by atoms with Crippen molar-refractivity contribution in [2.75, 3.05) is 11.9 Å². The van der Waals surface area contributed by atoms with Gasteiger partial charge in [-0.3, -0.25) is 0 Å². The zero-order chi connectivity index (χ0) is 8.97. The number of benzene rings is 1. The van der Waals surface area contributed by atoms with Crippen molar-refractivity contribution in [1.82, 2.24) is 0 Å². The maximum absolute atomic E-state index is 13.0. The summed E-state index contributed by atoms with van der Waals surface area (Å²) in [6, 6.07) is 4.56. The molecule has 0 bridgehead atoms. The number of halogens is 1. The highest BCUT2D eigenvalue weighted by Crippen LogP contribution is 2.18. The first-order valence-corrected chi connectivity index (χ1v) is 3.64. The lowest BCUT2D eigenvalue weighted by molar-refractivity contribution is 0.298.